The van der Waals surface area contributed by atoms with E-state index >= 15 is 0 Å². The third kappa shape index (κ3) is 4.38. The first-order valence-electron chi connectivity index (χ1n) is 13.8. The Kier molecular flexibility index (Phi) is 7.07. The number of ketones is 1. The van der Waals surface area contributed by atoms with Crippen LogP contribution >= 0.6 is 0 Å². The molecule has 0 aliphatic heterocycles. The number of ether oxygens (including phenoxy) is 1. The maximum absolute atomic E-state index is 13.3. The zero-order valence-corrected chi connectivity index (χ0v) is 22.8. The van der Waals surface area contributed by atoms with Crippen LogP contribution in [0.1, 0.15) is 92.9 Å². The van der Waals surface area contributed by atoms with E-state index in [1.807, 2.05) is 0 Å². The molecule has 10 unspecified atom stereocenters. The highest BCUT2D eigenvalue weighted by molar-refractivity contribution is 5.95. The van der Waals surface area contributed by atoms with E-state index in [0.717, 1.165) is 24.8 Å². The molecule has 0 spiro atoms. The van der Waals surface area contributed by atoms with Gasteiger partial charge in [-0.05, 0) is 100 Å². The van der Waals surface area contributed by atoms with Crippen LogP contribution < -0.4 is 0 Å². The van der Waals surface area contributed by atoms with E-state index in [0.29, 0.717) is 25.7 Å². The molecule has 7 heteroatoms. The quantitative estimate of drug-likeness (QED) is 0.408. The van der Waals surface area contributed by atoms with Crippen molar-refractivity contribution < 1.29 is 34.8 Å². The molecule has 0 radical (unpaired) electrons. The van der Waals surface area contributed by atoms with Crippen LogP contribution in [-0.2, 0) is 14.3 Å². The molecule has 4 aliphatic rings. The van der Waals surface area contributed by atoms with Gasteiger partial charge in [-0.25, -0.2) is 0 Å². The summed E-state index contributed by atoms with van der Waals surface area (Å²) in [6.07, 6.45) is 4.08. The van der Waals surface area contributed by atoms with E-state index in [4.69, 9.17) is 4.74 Å². The van der Waals surface area contributed by atoms with Crippen LogP contribution in [0.25, 0.3) is 0 Å². The van der Waals surface area contributed by atoms with Gasteiger partial charge in [-0.2, -0.15) is 0 Å². The second-order valence-corrected chi connectivity index (χ2v) is 13.5. The Hall–Kier alpha value is -1.28. The number of rotatable bonds is 6. The van der Waals surface area contributed by atoms with Crippen LogP contribution in [0.15, 0.2) is 11.6 Å². The van der Waals surface area contributed by atoms with Crippen LogP contribution in [0.5, 0.6) is 0 Å². The zero-order valence-electron chi connectivity index (χ0n) is 22.8. The molecule has 4 aliphatic carbocycles. The van der Waals surface area contributed by atoms with Crippen molar-refractivity contribution in [3.8, 4) is 0 Å². The maximum Gasteiger partial charge on any atom is 0.302 e. The second kappa shape index (κ2) is 9.18. The van der Waals surface area contributed by atoms with Gasteiger partial charge < -0.3 is 25.2 Å². The predicted octanol–water partition coefficient (Wildman–Crippen LogP) is 3.31. The molecule has 4 N–H and O–H groups in total. The lowest BCUT2D eigenvalue weighted by atomic mass is 9.46. The van der Waals surface area contributed by atoms with Crippen LogP contribution in [0.2, 0.25) is 0 Å². The van der Waals surface area contributed by atoms with Crippen molar-refractivity contribution in [3.05, 3.63) is 11.6 Å². The van der Waals surface area contributed by atoms with Crippen molar-refractivity contribution >= 4 is 11.8 Å². The predicted molar refractivity (Wildman–Crippen MR) is 135 cm³/mol. The summed E-state index contributed by atoms with van der Waals surface area (Å²) in [7, 11) is 0. The molecular weight excluding hydrogens is 460 g/mol. The SMILES string of the molecule is CC(=O)OC(CCC(C)(C)O)C(C)C1CCC2(O)C3=CC(=O)C4CC(O)C(O)CC4(C)C3CCC12C. The monoisotopic (exact) mass is 506 g/mol. The van der Waals surface area contributed by atoms with Gasteiger partial charge in [0.2, 0.25) is 0 Å². The van der Waals surface area contributed by atoms with Gasteiger partial charge in [0.1, 0.15) is 6.10 Å². The lowest BCUT2D eigenvalue weighted by Gasteiger charge is -2.60. The molecule has 0 saturated heterocycles. The molecule has 0 heterocycles. The molecule has 3 fully saturated rings. The third-order valence-electron chi connectivity index (χ3n) is 10.8. The van der Waals surface area contributed by atoms with E-state index < -0.39 is 34.2 Å². The summed E-state index contributed by atoms with van der Waals surface area (Å²) in [5.41, 5.74) is -2.19. The van der Waals surface area contributed by atoms with Crippen LogP contribution in [0, 0.1) is 34.5 Å². The van der Waals surface area contributed by atoms with Gasteiger partial charge in [0.15, 0.2) is 5.78 Å². The van der Waals surface area contributed by atoms with Crippen molar-refractivity contribution in [3.63, 3.8) is 0 Å². The van der Waals surface area contributed by atoms with E-state index in [1.165, 1.54) is 6.92 Å². The zero-order chi connectivity index (χ0) is 26.8. The smallest absolute Gasteiger partial charge is 0.302 e. The van der Waals surface area contributed by atoms with Crippen LogP contribution in [0.4, 0.5) is 0 Å². The van der Waals surface area contributed by atoms with E-state index in [-0.39, 0.29) is 47.9 Å². The molecule has 0 bridgehead atoms. The Labute approximate surface area is 215 Å². The standard InChI is InChI=1S/C29H46O7/c1-16(25(36-17(2)30)9-10-26(3,4)34)18-8-12-29(35)20-13-22(31)21-14-23(32)24(33)15-27(21,5)19(20)7-11-28(18,29)6/h13,16,18-19,21,23-25,32-35H,7-12,14-15H2,1-6H3. The number of hydrogen-bond acceptors (Lipinski definition) is 7. The van der Waals surface area contributed by atoms with Crippen molar-refractivity contribution in [1.82, 2.24) is 0 Å². The average molecular weight is 507 g/mol. The largest absolute Gasteiger partial charge is 0.462 e. The summed E-state index contributed by atoms with van der Waals surface area (Å²) < 4.78 is 5.76. The molecule has 7 nitrogen and oxygen atoms in total. The summed E-state index contributed by atoms with van der Waals surface area (Å²) in [5, 5.41) is 43.4. The van der Waals surface area contributed by atoms with E-state index in [9.17, 15) is 30.0 Å². The number of carbonyl (C=O) groups is 2. The van der Waals surface area contributed by atoms with Gasteiger partial charge in [-0.3, -0.25) is 9.59 Å². The summed E-state index contributed by atoms with van der Waals surface area (Å²) in [6, 6.07) is 0. The van der Waals surface area contributed by atoms with Gasteiger partial charge in [0.25, 0.3) is 0 Å². The van der Waals surface area contributed by atoms with Crippen LogP contribution in [0.3, 0.4) is 0 Å². The molecule has 0 amide bonds. The number of fused-ring (bicyclic) bond motifs is 5. The Balaban J connectivity index is 1.65. The fourth-order valence-corrected chi connectivity index (χ4v) is 8.65. The number of aliphatic hydroxyl groups excluding tert-OH is 2. The third-order valence-corrected chi connectivity index (χ3v) is 10.8. The normalized spacial score (nSPS) is 44.1. The first-order chi connectivity index (χ1) is 16.5. The van der Waals surface area contributed by atoms with Gasteiger partial charge in [-0.1, -0.05) is 20.8 Å². The van der Waals surface area contributed by atoms with Gasteiger partial charge in [0, 0.05) is 18.3 Å². The van der Waals surface area contributed by atoms with Crippen LogP contribution in [-0.4, -0.2) is 61.7 Å². The molecule has 36 heavy (non-hydrogen) atoms. The average Bonchev–Trinajstić information content (AvgIpc) is 3.03. The topological polar surface area (TPSA) is 124 Å². The summed E-state index contributed by atoms with van der Waals surface area (Å²) in [5.74, 6) is -0.705. The molecule has 0 aromatic carbocycles. The minimum absolute atomic E-state index is 0.0195. The first kappa shape index (κ1) is 27.7. The highest BCUT2D eigenvalue weighted by Gasteiger charge is 2.67. The first-order valence-corrected chi connectivity index (χ1v) is 13.8. The maximum atomic E-state index is 13.3. The fourth-order valence-electron chi connectivity index (χ4n) is 8.65. The Morgan fingerprint density at radius 3 is 2.44 bits per heavy atom. The highest BCUT2D eigenvalue weighted by atomic mass is 16.5. The van der Waals surface area contributed by atoms with E-state index in [1.54, 1.807) is 19.9 Å². The van der Waals surface area contributed by atoms with Gasteiger partial charge in [0.05, 0.1) is 23.4 Å². The van der Waals surface area contributed by atoms with Crippen molar-refractivity contribution in [2.24, 2.45) is 34.5 Å². The highest BCUT2D eigenvalue weighted by Crippen LogP contribution is 2.68. The Morgan fingerprint density at radius 1 is 1.17 bits per heavy atom. The number of carbonyl (C=O) groups excluding carboxylic acids is 2. The van der Waals surface area contributed by atoms with Gasteiger partial charge >= 0.3 is 5.97 Å². The minimum atomic E-state index is -1.14. The molecule has 10 atom stereocenters. The lowest BCUT2D eigenvalue weighted by molar-refractivity contribution is -0.160. The fraction of sp³-hybridized carbons (Fsp3) is 0.862. The number of allylic oxidation sites excluding steroid dienone is 1. The lowest BCUT2D eigenvalue weighted by Crippen LogP contribution is -2.61. The Morgan fingerprint density at radius 2 is 1.83 bits per heavy atom. The van der Waals surface area contributed by atoms with Crippen molar-refractivity contribution in [2.45, 2.75) is 122 Å². The molecule has 3 saturated carbocycles. The number of hydrogen-bond donors (Lipinski definition) is 4. The molecule has 0 aromatic rings. The van der Waals surface area contributed by atoms with Crippen molar-refractivity contribution in [1.29, 1.82) is 0 Å². The number of aliphatic hydroxyl groups is 4. The Bertz CT molecular complexity index is 921. The van der Waals surface area contributed by atoms with E-state index in [2.05, 4.69) is 20.8 Å². The van der Waals surface area contributed by atoms with Crippen molar-refractivity contribution in [2.75, 3.05) is 0 Å². The van der Waals surface area contributed by atoms with Gasteiger partial charge in [-0.15, -0.1) is 0 Å². The second-order valence-electron chi connectivity index (χ2n) is 13.5. The summed E-state index contributed by atoms with van der Waals surface area (Å²) in [4.78, 5) is 25.3. The number of esters is 1. The summed E-state index contributed by atoms with van der Waals surface area (Å²) in [6.45, 7) is 11.2. The summed E-state index contributed by atoms with van der Waals surface area (Å²) >= 11 is 0. The molecule has 4 rings (SSSR count). The molecule has 0 aromatic heterocycles. The molecule has 204 valence electrons. The molecular formula is C29H46O7. The minimum Gasteiger partial charge on any atom is -0.462 e.